The lowest BCUT2D eigenvalue weighted by molar-refractivity contribution is 0.0601. The van der Waals surface area contributed by atoms with Crippen molar-refractivity contribution in [3.05, 3.63) is 45.8 Å². The number of esters is 1. The molecular formula is C22H26N2O4S. The number of anilines is 1. The zero-order chi connectivity index (χ0) is 20.4. The number of carbonyl (C=O) groups is 2. The Hall–Kier alpha value is -2.54. The van der Waals surface area contributed by atoms with Crippen molar-refractivity contribution in [2.75, 3.05) is 26.1 Å². The van der Waals surface area contributed by atoms with E-state index in [1.807, 2.05) is 29.2 Å². The van der Waals surface area contributed by atoms with Gasteiger partial charge in [0.25, 0.3) is 0 Å². The van der Waals surface area contributed by atoms with Crippen molar-refractivity contribution in [3.63, 3.8) is 0 Å². The number of nitrogens with zero attached hydrogens (tertiary/aromatic N) is 1. The maximum atomic E-state index is 13.1. The van der Waals surface area contributed by atoms with Crippen LogP contribution in [0, 0.1) is 0 Å². The van der Waals surface area contributed by atoms with Crippen molar-refractivity contribution in [3.8, 4) is 5.75 Å². The van der Waals surface area contributed by atoms with Crippen molar-refractivity contribution in [1.29, 1.82) is 0 Å². The topological polar surface area (TPSA) is 67.9 Å². The van der Waals surface area contributed by atoms with E-state index in [2.05, 4.69) is 5.32 Å². The number of hydrogen-bond acceptors (Lipinski definition) is 5. The summed E-state index contributed by atoms with van der Waals surface area (Å²) in [5.74, 6) is 0.433. The van der Waals surface area contributed by atoms with Gasteiger partial charge in [0.2, 0.25) is 0 Å². The summed E-state index contributed by atoms with van der Waals surface area (Å²) in [6, 6.07) is 7.74. The predicted octanol–water partition coefficient (Wildman–Crippen LogP) is 4.79. The number of thiophene rings is 1. The maximum absolute atomic E-state index is 13.1. The standard InChI is InChI=1S/C22H26N2O4S/c1-27-15-11-9-14(10-12-15)17-7-5-13-24(17)22(26)23-20-19(21(25)28-2)16-6-3-4-8-18(16)29-20/h9-12,17H,3-8,13H2,1-2H3,(H,23,26)/t17-/m0/s1. The van der Waals surface area contributed by atoms with Crippen LogP contribution < -0.4 is 10.1 Å². The highest BCUT2D eigenvalue weighted by Crippen LogP contribution is 2.40. The molecule has 0 spiro atoms. The summed E-state index contributed by atoms with van der Waals surface area (Å²) in [6.07, 6.45) is 5.88. The molecule has 2 heterocycles. The van der Waals surface area contributed by atoms with Gasteiger partial charge in [-0.05, 0) is 61.8 Å². The summed E-state index contributed by atoms with van der Waals surface area (Å²) < 4.78 is 10.2. The number of fused-ring (bicyclic) bond motifs is 1. The summed E-state index contributed by atoms with van der Waals surface area (Å²) in [5.41, 5.74) is 2.69. The Morgan fingerprint density at radius 1 is 1.10 bits per heavy atom. The Morgan fingerprint density at radius 2 is 1.86 bits per heavy atom. The van der Waals surface area contributed by atoms with Gasteiger partial charge in [-0.15, -0.1) is 11.3 Å². The van der Waals surface area contributed by atoms with Gasteiger partial charge < -0.3 is 14.4 Å². The minimum absolute atomic E-state index is 0.0251. The second kappa shape index (κ2) is 8.45. The first kappa shape index (κ1) is 19.8. The molecule has 1 aromatic carbocycles. The van der Waals surface area contributed by atoms with Gasteiger partial charge in [0.1, 0.15) is 10.8 Å². The quantitative estimate of drug-likeness (QED) is 0.731. The van der Waals surface area contributed by atoms with E-state index in [0.717, 1.165) is 55.4 Å². The third-order valence-corrected chi connectivity index (χ3v) is 7.00. The smallest absolute Gasteiger partial charge is 0.341 e. The van der Waals surface area contributed by atoms with Crippen molar-refractivity contribution in [1.82, 2.24) is 4.90 Å². The van der Waals surface area contributed by atoms with Crippen molar-refractivity contribution < 1.29 is 19.1 Å². The molecule has 29 heavy (non-hydrogen) atoms. The molecule has 1 saturated heterocycles. The second-order valence-electron chi connectivity index (χ2n) is 7.46. The maximum Gasteiger partial charge on any atom is 0.341 e. The van der Waals surface area contributed by atoms with Crippen LogP contribution in [0.2, 0.25) is 0 Å². The molecule has 154 valence electrons. The van der Waals surface area contributed by atoms with Crippen LogP contribution in [0.4, 0.5) is 9.80 Å². The molecule has 0 saturated carbocycles. The van der Waals surface area contributed by atoms with E-state index in [-0.39, 0.29) is 18.0 Å². The molecule has 7 heteroatoms. The van der Waals surface area contributed by atoms with E-state index < -0.39 is 0 Å². The minimum Gasteiger partial charge on any atom is -0.497 e. The van der Waals surface area contributed by atoms with E-state index in [9.17, 15) is 9.59 Å². The van der Waals surface area contributed by atoms with Crippen LogP contribution in [0.1, 0.15) is 58.1 Å². The van der Waals surface area contributed by atoms with Crippen molar-refractivity contribution in [2.45, 2.75) is 44.6 Å². The fourth-order valence-electron chi connectivity index (χ4n) is 4.32. The third-order valence-electron chi connectivity index (χ3n) is 5.80. The van der Waals surface area contributed by atoms with Crippen LogP contribution in [0.15, 0.2) is 24.3 Å². The van der Waals surface area contributed by atoms with E-state index in [1.54, 1.807) is 7.11 Å². The summed E-state index contributed by atoms with van der Waals surface area (Å²) in [7, 11) is 3.03. The highest BCUT2D eigenvalue weighted by molar-refractivity contribution is 7.17. The number of benzene rings is 1. The fraction of sp³-hybridized carbons (Fsp3) is 0.455. The average molecular weight is 415 g/mol. The summed E-state index contributed by atoms with van der Waals surface area (Å²) in [4.78, 5) is 28.6. The van der Waals surface area contributed by atoms with Crippen LogP contribution in [0.25, 0.3) is 0 Å². The molecule has 1 aliphatic carbocycles. The van der Waals surface area contributed by atoms with E-state index >= 15 is 0 Å². The lowest BCUT2D eigenvalue weighted by atomic mass is 9.95. The van der Waals surface area contributed by atoms with Crippen LogP contribution in [-0.2, 0) is 17.6 Å². The van der Waals surface area contributed by atoms with Crippen molar-refractivity contribution >= 4 is 28.3 Å². The van der Waals surface area contributed by atoms with E-state index in [0.29, 0.717) is 17.1 Å². The number of amides is 2. The second-order valence-corrected chi connectivity index (χ2v) is 8.57. The monoisotopic (exact) mass is 414 g/mol. The summed E-state index contributed by atoms with van der Waals surface area (Å²) >= 11 is 1.52. The molecule has 2 aromatic rings. The average Bonchev–Trinajstić information content (AvgIpc) is 3.38. The number of aryl methyl sites for hydroxylation is 1. The molecule has 0 radical (unpaired) electrons. The number of nitrogens with one attached hydrogen (secondary N) is 1. The zero-order valence-corrected chi connectivity index (χ0v) is 17.6. The molecule has 2 amide bonds. The Balaban J connectivity index is 1.57. The molecule has 0 bridgehead atoms. The number of rotatable bonds is 4. The van der Waals surface area contributed by atoms with E-state index in [4.69, 9.17) is 9.47 Å². The molecule has 1 aliphatic heterocycles. The third kappa shape index (κ3) is 3.83. The SMILES string of the molecule is COC(=O)c1c(NC(=O)N2CCC[C@H]2c2ccc(OC)cc2)sc2c1CCCC2. The molecule has 2 aliphatic rings. The predicted molar refractivity (Wildman–Crippen MR) is 113 cm³/mol. The zero-order valence-electron chi connectivity index (χ0n) is 16.8. The van der Waals surface area contributed by atoms with Gasteiger partial charge in [0, 0.05) is 11.4 Å². The van der Waals surface area contributed by atoms with Gasteiger partial charge in [0.05, 0.1) is 25.8 Å². The molecule has 4 rings (SSSR count). The van der Waals surface area contributed by atoms with Gasteiger partial charge in [0.15, 0.2) is 0 Å². The number of methoxy groups -OCH3 is 2. The Bertz CT molecular complexity index is 906. The van der Waals surface area contributed by atoms with Gasteiger partial charge in [-0.1, -0.05) is 12.1 Å². The first-order chi connectivity index (χ1) is 14.1. The highest BCUT2D eigenvalue weighted by Gasteiger charge is 2.32. The molecule has 6 nitrogen and oxygen atoms in total. The molecule has 1 fully saturated rings. The Kier molecular flexibility index (Phi) is 5.76. The molecule has 0 unspecified atom stereocenters. The van der Waals surface area contributed by atoms with Crippen LogP contribution in [0.5, 0.6) is 5.75 Å². The Morgan fingerprint density at radius 3 is 2.59 bits per heavy atom. The summed E-state index contributed by atoms with van der Waals surface area (Å²) in [5, 5.41) is 3.65. The van der Waals surface area contributed by atoms with Gasteiger partial charge in [-0.3, -0.25) is 5.32 Å². The molecule has 1 aromatic heterocycles. The van der Waals surface area contributed by atoms with Crippen molar-refractivity contribution in [2.24, 2.45) is 0 Å². The van der Waals surface area contributed by atoms with Crippen LogP contribution in [-0.4, -0.2) is 37.7 Å². The number of hydrogen-bond donors (Lipinski definition) is 1. The van der Waals surface area contributed by atoms with E-state index in [1.165, 1.54) is 23.3 Å². The normalized spacial score (nSPS) is 18.3. The van der Waals surface area contributed by atoms with Crippen LogP contribution in [0.3, 0.4) is 0 Å². The van der Waals surface area contributed by atoms with Crippen LogP contribution >= 0.6 is 11.3 Å². The van der Waals surface area contributed by atoms with Gasteiger partial charge >= 0.3 is 12.0 Å². The van der Waals surface area contributed by atoms with Gasteiger partial charge in [-0.25, -0.2) is 9.59 Å². The largest absolute Gasteiger partial charge is 0.497 e. The molecule has 1 atom stereocenters. The molecular weight excluding hydrogens is 388 g/mol. The lowest BCUT2D eigenvalue weighted by Crippen LogP contribution is -2.34. The number of carbonyl (C=O) groups excluding carboxylic acids is 2. The number of urea groups is 1. The fourth-order valence-corrected chi connectivity index (χ4v) is 5.59. The minimum atomic E-state index is -0.368. The first-order valence-corrected chi connectivity index (χ1v) is 10.9. The lowest BCUT2D eigenvalue weighted by Gasteiger charge is -2.25. The number of ether oxygens (including phenoxy) is 2. The summed E-state index contributed by atoms with van der Waals surface area (Å²) in [6.45, 7) is 0.696. The number of likely N-dealkylation sites (tertiary alicyclic amines) is 1. The molecule has 1 N–H and O–H groups in total. The first-order valence-electron chi connectivity index (χ1n) is 10.1. The highest BCUT2D eigenvalue weighted by atomic mass is 32.1. The van der Waals surface area contributed by atoms with Gasteiger partial charge in [-0.2, -0.15) is 0 Å². The Labute approximate surface area is 174 Å².